The molecule has 0 fully saturated rings. The van der Waals surface area contributed by atoms with Crippen LogP contribution < -0.4 is 10.6 Å². The first-order valence-corrected chi connectivity index (χ1v) is 10.2. The van der Waals surface area contributed by atoms with E-state index in [1.165, 1.54) is 5.56 Å². The zero-order valence-corrected chi connectivity index (χ0v) is 16.6. The van der Waals surface area contributed by atoms with Crippen LogP contribution in [0, 0.1) is 6.92 Å². The Hall–Kier alpha value is -1.92. The van der Waals surface area contributed by atoms with Crippen LogP contribution in [0.2, 0.25) is 0 Å². The number of nitrogens with one attached hydrogen (secondary N) is 2. The smallest absolute Gasteiger partial charge is 0.191 e. The van der Waals surface area contributed by atoms with Gasteiger partial charge in [-0.25, -0.2) is 4.98 Å². The minimum atomic E-state index is 0.685. The first-order valence-electron chi connectivity index (χ1n) is 9.32. The number of rotatable bonds is 11. The largest absolute Gasteiger partial charge is 0.377 e. The highest BCUT2D eigenvalue weighted by Crippen LogP contribution is 2.07. The lowest BCUT2D eigenvalue weighted by Gasteiger charge is -2.10. The lowest BCUT2D eigenvalue weighted by molar-refractivity contribution is 0.117. The van der Waals surface area contributed by atoms with Gasteiger partial charge in [-0.2, -0.15) is 0 Å². The van der Waals surface area contributed by atoms with Crippen LogP contribution in [0.5, 0.6) is 0 Å². The molecule has 0 radical (unpaired) electrons. The van der Waals surface area contributed by atoms with Crippen LogP contribution in [0.25, 0.3) is 0 Å². The Morgan fingerprint density at radius 3 is 2.77 bits per heavy atom. The second-order valence-corrected chi connectivity index (χ2v) is 7.10. The van der Waals surface area contributed by atoms with Gasteiger partial charge in [-0.3, -0.25) is 4.99 Å². The molecule has 1 aromatic carbocycles. The number of hydrogen-bond donors (Lipinski definition) is 2. The van der Waals surface area contributed by atoms with E-state index < -0.39 is 0 Å². The standard InChI is InChI=1S/C20H30N4OS/c1-3-21-20(23-13-11-19-16-26-17(2)24-19)22-12-7-8-14-25-15-18-9-5-4-6-10-18/h4-6,9-10,16H,3,7-8,11-15H2,1-2H3,(H2,21,22,23). The highest BCUT2D eigenvalue weighted by Gasteiger charge is 2.00. The first kappa shape index (κ1) is 20.4. The second-order valence-electron chi connectivity index (χ2n) is 6.04. The molecule has 0 aliphatic heterocycles. The van der Waals surface area contributed by atoms with Gasteiger partial charge in [0.05, 0.1) is 17.3 Å². The summed E-state index contributed by atoms with van der Waals surface area (Å²) in [5, 5.41) is 9.90. The van der Waals surface area contributed by atoms with Gasteiger partial charge in [0.2, 0.25) is 0 Å². The fraction of sp³-hybridized carbons (Fsp3) is 0.500. The number of aryl methyl sites for hydroxylation is 1. The average molecular weight is 375 g/mol. The summed E-state index contributed by atoms with van der Waals surface area (Å²) in [6.45, 7) is 8.09. The van der Waals surface area contributed by atoms with E-state index in [0.717, 1.165) is 62.2 Å². The molecule has 26 heavy (non-hydrogen) atoms. The molecule has 5 nitrogen and oxygen atoms in total. The summed E-state index contributed by atoms with van der Waals surface area (Å²) in [6, 6.07) is 10.3. The first-order chi connectivity index (χ1) is 12.8. The van der Waals surface area contributed by atoms with Crippen LogP contribution in [0.15, 0.2) is 40.7 Å². The third-order valence-corrected chi connectivity index (χ3v) is 4.58. The molecular formula is C20H30N4OS. The van der Waals surface area contributed by atoms with E-state index in [4.69, 9.17) is 4.74 Å². The molecule has 0 bridgehead atoms. The molecule has 6 heteroatoms. The summed E-state index contributed by atoms with van der Waals surface area (Å²) in [7, 11) is 0. The Bertz CT molecular complexity index is 642. The maximum absolute atomic E-state index is 5.70. The molecule has 2 rings (SSSR count). The lowest BCUT2D eigenvalue weighted by atomic mass is 10.2. The lowest BCUT2D eigenvalue weighted by Crippen LogP contribution is -2.38. The van der Waals surface area contributed by atoms with Gasteiger partial charge in [0.25, 0.3) is 0 Å². The Morgan fingerprint density at radius 2 is 2.04 bits per heavy atom. The van der Waals surface area contributed by atoms with Crippen molar-refractivity contribution in [3.63, 3.8) is 0 Å². The van der Waals surface area contributed by atoms with Gasteiger partial charge < -0.3 is 15.4 Å². The molecule has 0 atom stereocenters. The van der Waals surface area contributed by atoms with Crippen LogP contribution in [0.1, 0.15) is 36.0 Å². The van der Waals surface area contributed by atoms with E-state index in [9.17, 15) is 0 Å². The SMILES string of the molecule is CCNC(=NCCCCOCc1ccccc1)NCCc1csc(C)n1. The predicted octanol–water partition coefficient (Wildman–Crippen LogP) is 3.55. The monoisotopic (exact) mass is 374 g/mol. The molecule has 0 aliphatic carbocycles. The summed E-state index contributed by atoms with van der Waals surface area (Å²) in [5.41, 5.74) is 2.37. The normalized spacial score (nSPS) is 11.5. The summed E-state index contributed by atoms with van der Waals surface area (Å²) in [4.78, 5) is 9.11. The minimum absolute atomic E-state index is 0.685. The summed E-state index contributed by atoms with van der Waals surface area (Å²) in [5.74, 6) is 0.879. The number of aliphatic imine (C=N–C) groups is 1. The van der Waals surface area contributed by atoms with Crippen LogP contribution in [0.3, 0.4) is 0 Å². The third-order valence-electron chi connectivity index (χ3n) is 3.76. The van der Waals surface area contributed by atoms with E-state index in [1.807, 2.05) is 25.1 Å². The molecule has 0 amide bonds. The molecule has 0 saturated carbocycles. The molecular weight excluding hydrogens is 344 g/mol. The van der Waals surface area contributed by atoms with Crippen molar-refractivity contribution < 1.29 is 4.74 Å². The fourth-order valence-corrected chi connectivity index (χ4v) is 3.09. The van der Waals surface area contributed by atoms with Crippen molar-refractivity contribution >= 4 is 17.3 Å². The van der Waals surface area contributed by atoms with Crippen molar-refractivity contribution in [3.05, 3.63) is 52.0 Å². The van der Waals surface area contributed by atoms with Gasteiger partial charge in [0, 0.05) is 38.0 Å². The zero-order valence-electron chi connectivity index (χ0n) is 15.8. The molecule has 0 saturated heterocycles. The molecule has 1 heterocycles. The van der Waals surface area contributed by atoms with Gasteiger partial charge in [0.1, 0.15) is 0 Å². The zero-order chi connectivity index (χ0) is 18.5. The number of ether oxygens (including phenoxy) is 1. The van der Waals surface area contributed by atoms with E-state index in [2.05, 4.69) is 45.0 Å². The van der Waals surface area contributed by atoms with Crippen molar-refractivity contribution in [1.82, 2.24) is 15.6 Å². The van der Waals surface area contributed by atoms with Crippen molar-refractivity contribution in [3.8, 4) is 0 Å². The summed E-state index contributed by atoms with van der Waals surface area (Å²) in [6.07, 6.45) is 2.96. The van der Waals surface area contributed by atoms with Crippen molar-refractivity contribution in [2.45, 2.75) is 39.7 Å². The molecule has 0 spiro atoms. The van der Waals surface area contributed by atoms with E-state index >= 15 is 0 Å². The van der Waals surface area contributed by atoms with E-state index in [-0.39, 0.29) is 0 Å². The molecule has 0 unspecified atom stereocenters. The van der Waals surface area contributed by atoms with Gasteiger partial charge in [-0.15, -0.1) is 11.3 Å². The van der Waals surface area contributed by atoms with E-state index in [1.54, 1.807) is 11.3 Å². The highest BCUT2D eigenvalue weighted by molar-refractivity contribution is 7.09. The van der Waals surface area contributed by atoms with Gasteiger partial charge in [-0.05, 0) is 32.3 Å². The number of guanidine groups is 1. The minimum Gasteiger partial charge on any atom is -0.377 e. The van der Waals surface area contributed by atoms with Gasteiger partial charge >= 0.3 is 0 Å². The van der Waals surface area contributed by atoms with E-state index in [0.29, 0.717) is 6.61 Å². The van der Waals surface area contributed by atoms with Gasteiger partial charge in [0.15, 0.2) is 5.96 Å². The number of aromatic nitrogens is 1. The summed E-state index contributed by atoms with van der Waals surface area (Å²) < 4.78 is 5.70. The maximum atomic E-state index is 5.70. The topological polar surface area (TPSA) is 58.5 Å². The number of unbranched alkanes of at least 4 members (excludes halogenated alkanes) is 1. The second kappa shape index (κ2) is 12.4. The van der Waals surface area contributed by atoms with Crippen LogP contribution >= 0.6 is 11.3 Å². The average Bonchev–Trinajstić information content (AvgIpc) is 3.07. The Labute approximate surface area is 160 Å². The number of benzene rings is 1. The number of thiazole rings is 1. The molecule has 142 valence electrons. The fourth-order valence-electron chi connectivity index (χ4n) is 2.44. The van der Waals surface area contributed by atoms with Crippen LogP contribution in [-0.2, 0) is 17.8 Å². The Balaban J connectivity index is 1.57. The van der Waals surface area contributed by atoms with Crippen LogP contribution in [-0.4, -0.2) is 37.2 Å². The van der Waals surface area contributed by atoms with Crippen molar-refractivity contribution in [2.24, 2.45) is 4.99 Å². The van der Waals surface area contributed by atoms with Gasteiger partial charge in [-0.1, -0.05) is 30.3 Å². The van der Waals surface area contributed by atoms with Crippen molar-refractivity contribution in [1.29, 1.82) is 0 Å². The molecule has 2 aromatic rings. The third kappa shape index (κ3) is 8.45. The molecule has 0 aliphatic rings. The maximum Gasteiger partial charge on any atom is 0.191 e. The van der Waals surface area contributed by atoms with Crippen LogP contribution in [0.4, 0.5) is 0 Å². The number of nitrogens with zero attached hydrogens (tertiary/aromatic N) is 2. The molecule has 1 aromatic heterocycles. The number of hydrogen-bond acceptors (Lipinski definition) is 4. The molecule has 2 N–H and O–H groups in total. The summed E-state index contributed by atoms with van der Waals surface area (Å²) >= 11 is 1.70. The Kier molecular flexibility index (Phi) is 9.75. The quantitative estimate of drug-likeness (QED) is 0.359. The highest BCUT2D eigenvalue weighted by atomic mass is 32.1. The predicted molar refractivity (Wildman–Crippen MR) is 110 cm³/mol. The Morgan fingerprint density at radius 1 is 1.19 bits per heavy atom. The van der Waals surface area contributed by atoms with Crippen molar-refractivity contribution in [2.75, 3.05) is 26.2 Å².